The monoisotopic (exact) mass is 248 g/mol. The lowest BCUT2D eigenvalue weighted by molar-refractivity contribution is -0.114. The average molecular weight is 248 g/mol. The van der Waals surface area contributed by atoms with Crippen LogP contribution in [-0.2, 0) is 18.4 Å². The molecule has 0 amide bonds. The summed E-state index contributed by atoms with van der Waals surface area (Å²) in [5, 5.41) is 0. The van der Waals surface area contributed by atoms with E-state index in [-0.39, 0.29) is 18.6 Å². The molecule has 0 heterocycles. The van der Waals surface area contributed by atoms with Crippen molar-refractivity contribution in [2.45, 2.75) is 52.7 Å². The maximum Gasteiger partial charge on any atom is 0.397 e. The third kappa shape index (κ3) is 5.59. The fraction of sp³-hybridized carbons (Fsp3) is 0.727. The molecule has 0 aliphatic rings. The van der Waals surface area contributed by atoms with E-state index in [0.717, 1.165) is 0 Å². The third-order valence-electron chi connectivity index (χ3n) is 1.57. The molecule has 94 valence electrons. The SMILES string of the molecule is C=CCCC(=O)P(=O)(OC(C)C)OC(C)C. The number of carbonyl (C=O) groups is 1. The predicted octanol–water partition coefficient (Wildman–Crippen LogP) is 3.52. The van der Waals surface area contributed by atoms with Crippen LogP contribution in [-0.4, -0.2) is 17.7 Å². The summed E-state index contributed by atoms with van der Waals surface area (Å²) in [4.78, 5) is 11.7. The van der Waals surface area contributed by atoms with Gasteiger partial charge in [0.05, 0.1) is 12.2 Å². The Bertz CT molecular complexity index is 270. The fourth-order valence-corrected chi connectivity index (χ4v) is 2.86. The first-order chi connectivity index (χ1) is 7.31. The first kappa shape index (κ1) is 15.6. The van der Waals surface area contributed by atoms with Gasteiger partial charge in [0.25, 0.3) is 0 Å². The molecule has 4 nitrogen and oxygen atoms in total. The molecule has 16 heavy (non-hydrogen) atoms. The quantitative estimate of drug-likeness (QED) is 0.487. The molecule has 0 aromatic rings. The second kappa shape index (κ2) is 7.00. The fourth-order valence-electron chi connectivity index (χ4n) is 1.06. The molecule has 0 atom stereocenters. The van der Waals surface area contributed by atoms with E-state index < -0.39 is 13.1 Å². The molecular weight excluding hydrogens is 227 g/mol. The average Bonchev–Trinajstić information content (AvgIpc) is 2.11. The summed E-state index contributed by atoms with van der Waals surface area (Å²) < 4.78 is 22.5. The van der Waals surface area contributed by atoms with Crippen LogP contribution in [0.25, 0.3) is 0 Å². The second-order valence-electron chi connectivity index (χ2n) is 4.03. The summed E-state index contributed by atoms with van der Waals surface area (Å²) >= 11 is 0. The van der Waals surface area contributed by atoms with Crippen LogP contribution >= 0.6 is 7.60 Å². The van der Waals surface area contributed by atoms with Crippen LogP contribution in [0.5, 0.6) is 0 Å². The van der Waals surface area contributed by atoms with Gasteiger partial charge in [0.2, 0.25) is 5.52 Å². The van der Waals surface area contributed by atoms with Gasteiger partial charge in [0.1, 0.15) is 0 Å². The number of carbonyl (C=O) groups excluding carboxylic acids is 1. The van der Waals surface area contributed by atoms with Gasteiger partial charge < -0.3 is 9.05 Å². The van der Waals surface area contributed by atoms with Gasteiger partial charge in [-0.1, -0.05) is 6.08 Å². The van der Waals surface area contributed by atoms with Gasteiger partial charge in [-0.2, -0.15) is 0 Å². The van der Waals surface area contributed by atoms with Crippen molar-refractivity contribution in [2.24, 2.45) is 0 Å². The molecule has 0 aliphatic heterocycles. The highest BCUT2D eigenvalue weighted by Crippen LogP contribution is 2.52. The molecule has 0 saturated heterocycles. The summed E-state index contributed by atoms with van der Waals surface area (Å²) in [6.45, 7) is 10.4. The first-order valence-electron chi connectivity index (χ1n) is 5.43. The van der Waals surface area contributed by atoms with Gasteiger partial charge in [-0.05, 0) is 34.1 Å². The molecule has 0 aromatic carbocycles. The van der Waals surface area contributed by atoms with E-state index in [2.05, 4.69) is 6.58 Å². The minimum atomic E-state index is -3.64. The Morgan fingerprint density at radius 1 is 1.25 bits per heavy atom. The van der Waals surface area contributed by atoms with Crippen molar-refractivity contribution in [1.82, 2.24) is 0 Å². The summed E-state index contributed by atoms with van der Waals surface area (Å²) in [7, 11) is -3.64. The lowest BCUT2D eigenvalue weighted by Crippen LogP contribution is -2.14. The molecule has 0 unspecified atom stereocenters. The Hall–Kier alpha value is -0.440. The third-order valence-corrected chi connectivity index (χ3v) is 3.80. The summed E-state index contributed by atoms with van der Waals surface area (Å²) in [6, 6.07) is 0. The predicted molar refractivity (Wildman–Crippen MR) is 64.5 cm³/mol. The van der Waals surface area contributed by atoms with Crippen molar-refractivity contribution in [1.29, 1.82) is 0 Å². The zero-order valence-electron chi connectivity index (χ0n) is 10.4. The minimum Gasteiger partial charge on any atom is -0.300 e. The highest BCUT2D eigenvalue weighted by Gasteiger charge is 2.35. The van der Waals surface area contributed by atoms with Crippen LogP contribution in [0, 0.1) is 0 Å². The van der Waals surface area contributed by atoms with Crippen molar-refractivity contribution >= 4 is 13.1 Å². The van der Waals surface area contributed by atoms with E-state index in [4.69, 9.17) is 9.05 Å². The van der Waals surface area contributed by atoms with Crippen molar-refractivity contribution < 1.29 is 18.4 Å². The topological polar surface area (TPSA) is 52.6 Å². The molecule has 0 rings (SSSR count). The van der Waals surface area contributed by atoms with E-state index >= 15 is 0 Å². The maximum atomic E-state index is 12.2. The van der Waals surface area contributed by atoms with E-state index in [1.165, 1.54) is 0 Å². The van der Waals surface area contributed by atoms with Crippen LogP contribution in [0.4, 0.5) is 0 Å². The molecule has 0 saturated carbocycles. The van der Waals surface area contributed by atoms with Gasteiger partial charge in [-0.15, -0.1) is 6.58 Å². The molecule has 0 fully saturated rings. The Morgan fingerprint density at radius 2 is 1.69 bits per heavy atom. The molecule has 0 aromatic heterocycles. The van der Waals surface area contributed by atoms with Crippen molar-refractivity contribution in [2.75, 3.05) is 0 Å². The maximum absolute atomic E-state index is 12.2. The molecule has 0 N–H and O–H groups in total. The summed E-state index contributed by atoms with van der Waals surface area (Å²) in [6.07, 6.45) is 1.60. The van der Waals surface area contributed by atoms with Gasteiger partial charge in [0.15, 0.2) is 0 Å². The van der Waals surface area contributed by atoms with Crippen molar-refractivity contribution in [3.8, 4) is 0 Å². The zero-order valence-corrected chi connectivity index (χ0v) is 11.3. The smallest absolute Gasteiger partial charge is 0.300 e. The van der Waals surface area contributed by atoms with Crippen LogP contribution < -0.4 is 0 Å². The highest BCUT2D eigenvalue weighted by atomic mass is 31.2. The summed E-state index contributed by atoms with van der Waals surface area (Å²) in [5.41, 5.74) is -0.477. The number of hydrogen-bond donors (Lipinski definition) is 0. The Kier molecular flexibility index (Phi) is 6.81. The van der Waals surface area contributed by atoms with Gasteiger partial charge in [-0.3, -0.25) is 9.36 Å². The van der Waals surface area contributed by atoms with Crippen molar-refractivity contribution in [3.63, 3.8) is 0 Å². The van der Waals surface area contributed by atoms with E-state index in [0.29, 0.717) is 6.42 Å². The summed E-state index contributed by atoms with van der Waals surface area (Å²) in [5.74, 6) is 0. The van der Waals surface area contributed by atoms with Crippen LogP contribution in [0.2, 0.25) is 0 Å². The zero-order chi connectivity index (χ0) is 12.8. The van der Waals surface area contributed by atoms with Crippen LogP contribution in [0.1, 0.15) is 40.5 Å². The molecular formula is C11H21O4P. The second-order valence-corrected chi connectivity index (χ2v) is 5.94. The number of hydrogen-bond acceptors (Lipinski definition) is 4. The number of allylic oxidation sites excluding steroid dienone is 1. The molecule has 0 bridgehead atoms. The van der Waals surface area contributed by atoms with E-state index in [1.807, 2.05) is 0 Å². The molecule has 0 aliphatic carbocycles. The minimum absolute atomic E-state index is 0.139. The van der Waals surface area contributed by atoms with Gasteiger partial charge in [-0.25, -0.2) is 0 Å². The molecule has 5 heteroatoms. The van der Waals surface area contributed by atoms with E-state index in [9.17, 15) is 9.36 Å². The normalized spacial score (nSPS) is 12.1. The Balaban J connectivity index is 4.70. The number of rotatable bonds is 8. The lowest BCUT2D eigenvalue weighted by Gasteiger charge is -2.21. The lowest BCUT2D eigenvalue weighted by atomic mass is 10.3. The standard InChI is InChI=1S/C11H21O4P/c1-6-7-8-11(12)16(13,14-9(2)3)15-10(4)5/h6,9-10H,1,7-8H2,2-5H3. The van der Waals surface area contributed by atoms with Crippen LogP contribution in [0.3, 0.4) is 0 Å². The highest BCUT2D eigenvalue weighted by molar-refractivity contribution is 7.71. The first-order valence-corrected chi connectivity index (χ1v) is 6.97. The molecule has 0 spiro atoms. The molecule has 0 radical (unpaired) electrons. The van der Waals surface area contributed by atoms with Gasteiger partial charge >= 0.3 is 7.60 Å². The van der Waals surface area contributed by atoms with E-state index in [1.54, 1.807) is 33.8 Å². The van der Waals surface area contributed by atoms with Gasteiger partial charge in [0, 0.05) is 6.42 Å². The largest absolute Gasteiger partial charge is 0.397 e. The van der Waals surface area contributed by atoms with Crippen molar-refractivity contribution in [3.05, 3.63) is 12.7 Å². The Labute approximate surface area is 97.6 Å². The van der Waals surface area contributed by atoms with Crippen LogP contribution in [0.15, 0.2) is 12.7 Å². The Morgan fingerprint density at radius 3 is 2.00 bits per heavy atom.